The average Bonchev–Trinajstić information content (AvgIpc) is 2.73. The lowest BCUT2D eigenvalue weighted by Gasteiger charge is -1.95. The van der Waals surface area contributed by atoms with Crippen LogP contribution in [0.3, 0.4) is 0 Å². The van der Waals surface area contributed by atoms with Crippen LogP contribution < -0.4 is 16.2 Å². The molecule has 21 heavy (non-hydrogen) atoms. The quantitative estimate of drug-likeness (QED) is 0.767. The molecule has 3 aromatic carbocycles. The molecule has 0 saturated heterocycles. The Kier molecular flexibility index (Phi) is 2.95. The van der Waals surface area contributed by atoms with E-state index in [0.717, 1.165) is 0 Å². The minimum atomic E-state index is -1.09. The molecule has 0 heterocycles. The average molecular weight is 279 g/mol. The minimum absolute atomic E-state index is 0.0484. The van der Waals surface area contributed by atoms with Crippen LogP contribution in [0.4, 0.5) is 5.69 Å². The van der Waals surface area contributed by atoms with Crippen LogP contribution in [0.25, 0.3) is 10.8 Å². The first-order valence-electron chi connectivity index (χ1n) is 6.18. The molecule has 3 rings (SSSR count). The smallest absolute Gasteiger partial charge is 0.335 e. The number of hydrogen-bond acceptors (Lipinski definition) is 4. The molecule has 102 valence electrons. The van der Waals surface area contributed by atoms with E-state index in [2.05, 4.69) is 4.99 Å². The Hall–Kier alpha value is -3.08. The fourth-order valence-electron chi connectivity index (χ4n) is 2.18. The molecule has 0 spiro atoms. The molecule has 0 radical (unpaired) electrons. The summed E-state index contributed by atoms with van der Waals surface area (Å²) in [6.45, 7) is 0. The van der Waals surface area contributed by atoms with Crippen LogP contribution in [-0.4, -0.2) is 11.1 Å². The minimum Gasteiger partial charge on any atom is -0.478 e. The highest BCUT2D eigenvalue weighted by atomic mass is 16.4. The Morgan fingerprint density at radius 1 is 0.905 bits per heavy atom. The normalized spacial score (nSPS) is 10.7. The van der Waals surface area contributed by atoms with Gasteiger partial charge in [0.25, 0.3) is 0 Å². The third kappa shape index (κ3) is 2.14. The lowest BCUT2D eigenvalue weighted by molar-refractivity contribution is 0.0697. The maximum absolute atomic E-state index is 12.2. The summed E-state index contributed by atoms with van der Waals surface area (Å²) in [6, 6.07) is 12.3. The molecule has 0 aliphatic carbocycles. The van der Waals surface area contributed by atoms with E-state index in [-0.39, 0.29) is 16.6 Å². The number of carboxylic acids is 1. The van der Waals surface area contributed by atoms with Gasteiger partial charge in [-0.1, -0.05) is 30.3 Å². The molecule has 0 saturated carbocycles. The van der Waals surface area contributed by atoms with Crippen LogP contribution >= 0.6 is 0 Å². The van der Waals surface area contributed by atoms with Crippen LogP contribution in [0.2, 0.25) is 0 Å². The number of nitrogens with zero attached hydrogens (tertiary/aromatic N) is 1. The van der Waals surface area contributed by atoms with Crippen molar-refractivity contribution in [2.45, 2.75) is 0 Å². The second kappa shape index (κ2) is 4.79. The molecule has 5 heteroatoms. The zero-order valence-electron chi connectivity index (χ0n) is 10.7. The van der Waals surface area contributed by atoms with Crippen molar-refractivity contribution in [2.75, 3.05) is 0 Å². The van der Waals surface area contributed by atoms with Gasteiger partial charge in [0.05, 0.1) is 11.3 Å². The summed E-state index contributed by atoms with van der Waals surface area (Å²) < 4.78 is 0. The third-order valence-electron chi connectivity index (χ3n) is 3.18. The number of carbonyl (C=O) groups is 1. The molecular weight excluding hydrogens is 270 g/mol. The molecule has 0 bridgehead atoms. The van der Waals surface area contributed by atoms with E-state index in [1.807, 2.05) is 0 Å². The molecule has 0 aromatic heterocycles. The van der Waals surface area contributed by atoms with Gasteiger partial charge in [-0.2, -0.15) is 0 Å². The number of aromatic carboxylic acids is 1. The van der Waals surface area contributed by atoms with Gasteiger partial charge >= 0.3 is 5.97 Å². The monoisotopic (exact) mass is 279 g/mol. The van der Waals surface area contributed by atoms with Gasteiger partial charge in [0, 0.05) is 10.8 Å². The van der Waals surface area contributed by atoms with Gasteiger partial charge in [-0.15, -0.1) is 0 Å². The Labute approximate surface area is 118 Å². The SMILES string of the molecule is O=C(O)c1cccc(N=c2c(=O)c3ccccc3c2=O)c1. The van der Waals surface area contributed by atoms with Gasteiger partial charge in [0.15, 0.2) is 5.36 Å². The zero-order valence-corrected chi connectivity index (χ0v) is 10.7. The summed E-state index contributed by atoms with van der Waals surface area (Å²) in [5.74, 6) is -1.09. The molecule has 0 fully saturated rings. The highest BCUT2D eigenvalue weighted by molar-refractivity contribution is 5.88. The molecule has 0 atom stereocenters. The van der Waals surface area contributed by atoms with E-state index in [4.69, 9.17) is 5.11 Å². The summed E-state index contributed by atoms with van der Waals surface area (Å²) in [5.41, 5.74) is -0.556. The second-order valence-corrected chi connectivity index (χ2v) is 4.52. The first-order chi connectivity index (χ1) is 10.1. The number of benzene rings is 2. The van der Waals surface area contributed by atoms with Crippen molar-refractivity contribution in [3.63, 3.8) is 0 Å². The van der Waals surface area contributed by atoms with Crippen molar-refractivity contribution in [1.82, 2.24) is 0 Å². The van der Waals surface area contributed by atoms with Crippen LogP contribution in [0.5, 0.6) is 0 Å². The zero-order chi connectivity index (χ0) is 15.0. The predicted molar refractivity (Wildman–Crippen MR) is 77.5 cm³/mol. The fraction of sp³-hybridized carbons (Fsp3) is 0. The fourth-order valence-corrected chi connectivity index (χ4v) is 2.18. The summed E-state index contributed by atoms with van der Waals surface area (Å²) >= 11 is 0. The first-order valence-corrected chi connectivity index (χ1v) is 6.18. The number of carboxylic acid groups (broad SMARTS) is 1. The lowest BCUT2D eigenvalue weighted by atomic mass is 10.2. The molecule has 0 amide bonds. The van der Waals surface area contributed by atoms with Gasteiger partial charge in [0.2, 0.25) is 10.9 Å². The third-order valence-corrected chi connectivity index (χ3v) is 3.18. The van der Waals surface area contributed by atoms with E-state index >= 15 is 0 Å². The Morgan fingerprint density at radius 2 is 1.52 bits per heavy atom. The molecule has 0 aliphatic heterocycles. The van der Waals surface area contributed by atoms with Crippen molar-refractivity contribution in [3.05, 3.63) is 79.9 Å². The summed E-state index contributed by atoms with van der Waals surface area (Å²) in [5, 5.41) is 9.41. The predicted octanol–water partition coefficient (Wildman–Crippen LogP) is 1.37. The maximum atomic E-state index is 12.2. The van der Waals surface area contributed by atoms with Gasteiger partial charge in [-0.05, 0) is 18.2 Å². The van der Waals surface area contributed by atoms with E-state index in [1.165, 1.54) is 18.2 Å². The molecule has 0 unspecified atom stereocenters. The molecule has 1 N–H and O–H groups in total. The summed E-state index contributed by atoms with van der Waals surface area (Å²) in [4.78, 5) is 39.3. The number of hydrogen-bond donors (Lipinski definition) is 1. The Morgan fingerprint density at radius 3 is 2.10 bits per heavy atom. The standard InChI is InChI=1S/C16H9NO4/c18-14-11-6-1-2-7-12(11)15(19)13(14)17-10-5-3-4-9(8-10)16(20)21/h1-8H,(H,20,21). The van der Waals surface area contributed by atoms with Gasteiger partial charge in [0.1, 0.15) is 0 Å². The van der Waals surface area contributed by atoms with E-state index in [9.17, 15) is 14.4 Å². The van der Waals surface area contributed by atoms with Gasteiger partial charge in [-0.25, -0.2) is 9.79 Å². The first kappa shape index (κ1) is 12.9. The van der Waals surface area contributed by atoms with Crippen LogP contribution in [0.1, 0.15) is 10.4 Å². The van der Waals surface area contributed by atoms with Gasteiger partial charge < -0.3 is 5.11 Å². The molecule has 3 aromatic rings. The van der Waals surface area contributed by atoms with Crippen molar-refractivity contribution in [2.24, 2.45) is 4.99 Å². The van der Waals surface area contributed by atoms with E-state index < -0.39 is 16.8 Å². The summed E-state index contributed by atoms with van der Waals surface area (Å²) in [7, 11) is 0. The highest BCUT2D eigenvalue weighted by Gasteiger charge is 2.10. The number of fused-ring (bicyclic) bond motifs is 1. The van der Waals surface area contributed by atoms with Crippen molar-refractivity contribution < 1.29 is 9.90 Å². The van der Waals surface area contributed by atoms with Crippen molar-refractivity contribution >= 4 is 22.4 Å². The van der Waals surface area contributed by atoms with Crippen LogP contribution in [-0.2, 0) is 0 Å². The maximum Gasteiger partial charge on any atom is 0.335 e. The van der Waals surface area contributed by atoms with E-state index in [0.29, 0.717) is 10.8 Å². The van der Waals surface area contributed by atoms with Gasteiger partial charge in [-0.3, -0.25) is 9.59 Å². The Bertz CT molecular complexity index is 961. The molecule has 5 nitrogen and oxygen atoms in total. The van der Waals surface area contributed by atoms with Crippen molar-refractivity contribution in [1.29, 1.82) is 0 Å². The number of rotatable bonds is 2. The highest BCUT2D eigenvalue weighted by Crippen LogP contribution is 2.13. The Balaban J connectivity index is 2.30. The van der Waals surface area contributed by atoms with Crippen LogP contribution in [0.15, 0.2) is 63.1 Å². The summed E-state index contributed by atoms with van der Waals surface area (Å²) in [6.07, 6.45) is 0. The topological polar surface area (TPSA) is 83.8 Å². The second-order valence-electron chi connectivity index (χ2n) is 4.52. The van der Waals surface area contributed by atoms with E-state index in [1.54, 1.807) is 30.3 Å². The molecule has 0 aliphatic rings. The molecular formula is C16H9NO4. The van der Waals surface area contributed by atoms with Crippen LogP contribution in [0, 0.1) is 0 Å². The largest absolute Gasteiger partial charge is 0.478 e. The lowest BCUT2D eigenvalue weighted by Crippen LogP contribution is -2.31. The van der Waals surface area contributed by atoms with Crippen molar-refractivity contribution in [3.8, 4) is 0 Å².